The second kappa shape index (κ2) is 8.52. The number of nitrogens with zero attached hydrogens (tertiary/aromatic N) is 2. The third-order valence-electron chi connectivity index (χ3n) is 3.33. The van der Waals surface area contributed by atoms with Crippen LogP contribution in [0.25, 0.3) is 0 Å². The zero-order valence-corrected chi connectivity index (χ0v) is 15.5. The number of nitro benzene ring substituents is 1. The number of aryl methyl sites for hydroxylation is 1. The molecule has 0 fully saturated rings. The quantitative estimate of drug-likeness (QED) is 0.324. The Hall–Kier alpha value is -2.81. The Balaban J connectivity index is 1.97. The molecule has 26 heavy (non-hydrogen) atoms. The van der Waals surface area contributed by atoms with E-state index >= 15 is 0 Å². The molecule has 0 saturated carbocycles. The van der Waals surface area contributed by atoms with Gasteiger partial charge in [-0.1, -0.05) is 25.2 Å². The highest BCUT2D eigenvalue weighted by molar-refractivity contribution is 7.17. The molecule has 1 N–H and O–H groups in total. The minimum atomic E-state index is -0.523. The summed E-state index contributed by atoms with van der Waals surface area (Å²) in [7, 11) is 0. The number of carbonyl (C=O) groups is 2. The standard InChI is InChI=1S/C17H19N3O5S/c1-10(2)9-25-16(22)15-11(3)19-17(26-15)18-8-14(21)12-4-6-13(7-5-12)20(23)24/h4-7,10H,8-9H2,1-3H3,(H,18,19). The number of hydrogen-bond donors (Lipinski definition) is 1. The minimum Gasteiger partial charge on any atom is -0.461 e. The van der Waals surface area contributed by atoms with Gasteiger partial charge in [0.2, 0.25) is 0 Å². The van der Waals surface area contributed by atoms with Crippen molar-refractivity contribution in [1.82, 2.24) is 4.98 Å². The van der Waals surface area contributed by atoms with Crippen molar-refractivity contribution in [2.45, 2.75) is 20.8 Å². The number of thiazole rings is 1. The highest BCUT2D eigenvalue weighted by Crippen LogP contribution is 2.23. The lowest BCUT2D eigenvalue weighted by Crippen LogP contribution is -2.13. The van der Waals surface area contributed by atoms with Gasteiger partial charge in [-0.3, -0.25) is 14.9 Å². The van der Waals surface area contributed by atoms with Crippen LogP contribution < -0.4 is 5.32 Å². The third-order valence-corrected chi connectivity index (χ3v) is 4.43. The van der Waals surface area contributed by atoms with Crippen molar-refractivity contribution in [2.24, 2.45) is 5.92 Å². The van der Waals surface area contributed by atoms with E-state index in [-0.39, 0.29) is 23.9 Å². The molecule has 138 valence electrons. The summed E-state index contributed by atoms with van der Waals surface area (Å²) in [6.45, 7) is 5.89. The van der Waals surface area contributed by atoms with Gasteiger partial charge in [0.05, 0.1) is 23.8 Å². The summed E-state index contributed by atoms with van der Waals surface area (Å²) in [5, 5.41) is 13.9. The zero-order valence-electron chi connectivity index (χ0n) is 14.6. The molecule has 1 heterocycles. The van der Waals surface area contributed by atoms with Gasteiger partial charge in [-0.25, -0.2) is 9.78 Å². The molecule has 0 atom stereocenters. The van der Waals surface area contributed by atoms with Crippen LogP contribution in [-0.2, 0) is 4.74 Å². The first-order chi connectivity index (χ1) is 12.3. The lowest BCUT2D eigenvalue weighted by Gasteiger charge is -2.05. The van der Waals surface area contributed by atoms with Crippen molar-refractivity contribution in [3.63, 3.8) is 0 Å². The summed E-state index contributed by atoms with van der Waals surface area (Å²) >= 11 is 1.12. The molecule has 0 spiro atoms. The van der Waals surface area contributed by atoms with Crippen molar-refractivity contribution >= 4 is 33.9 Å². The second-order valence-corrected chi connectivity index (χ2v) is 7.01. The normalized spacial score (nSPS) is 10.6. The molecule has 0 bridgehead atoms. The summed E-state index contributed by atoms with van der Waals surface area (Å²) in [4.78, 5) is 38.9. The number of non-ortho nitro benzene ring substituents is 1. The maximum atomic E-state index is 12.2. The molecule has 0 unspecified atom stereocenters. The second-order valence-electron chi connectivity index (χ2n) is 6.01. The average Bonchev–Trinajstić information content (AvgIpc) is 2.98. The summed E-state index contributed by atoms with van der Waals surface area (Å²) in [5.74, 6) is -0.427. The van der Waals surface area contributed by atoms with E-state index in [9.17, 15) is 19.7 Å². The number of ketones is 1. The Morgan fingerprint density at radius 1 is 1.31 bits per heavy atom. The van der Waals surface area contributed by atoms with Gasteiger partial charge in [-0.2, -0.15) is 0 Å². The van der Waals surface area contributed by atoms with Crippen LogP contribution in [0.3, 0.4) is 0 Å². The van der Waals surface area contributed by atoms with Crippen LogP contribution in [0, 0.1) is 23.0 Å². The molecular formula is C17H19N3O5S. The van der Waals surface area contributed by atoms with E-state index in [1.807, 2.05) is 13.8 Å². The van der Waals surface area contributed by atoms with Gasteiger partial charge in [0.15, 0.2) is 10.9 Å². The van der Waals surface area contributed by atoms with E-state index in [4.69, 9.17) is 4.74 Å². The maximum Gasteiger partial charge on any atom is 0.350 e. The van der Waals surface area contributed by atoms with Gasteiger partial charge in [0.25, 0.3) is 5.69 Å². The monoisotopic (exact) mass is 377 g/mol. The molecule has 0 aliphatic carbocycles. The van der Waals surface area contributed by atoms with Crippen LogP contribution in [0.4, 0.5) is 10.8 Å². The molecule has 9 heteroatoms. The predicted molar refractivity (Wildman–Crippen MR) is 97.9 cm³/mol. The Morgan fingerprint density at radius 3 is 2.54 bits per heavy atom. The molecule has 2 aromatic rings. The first kappa shape index (κ1) is 19.5. The molecule has 0 saturated heterocycles. The van der Waals surface area contributed by atoms with Crippen LogP contribution in [0.2, 0.25) is 0 Å². The van der Waals surface area contributed by atoms with E-state index in [1.165, 1.54) is 24.3 Å². The number of carbonyl (C=O) groups excluding carboxylic acids is 2. The molecule has 1 aromatic carbocycles. The number of anilines is 1. The van der Waals surface area contributed by atoms with Gasteiger partial charge >= 0.3 is 5.97 Å². The number of esters is 1. The number of Topliss-reactive ketones (excluding diaryl/α,β-unsaturated/α-hetero) is 1. The van der Waals surface area contributed by atoms with Crippen molar-refractivity contribution in [1.29, 1.82) is 0 Å². The molecule has 1 aromatic heterocycles. The van der Waals surface area contributed by atoms with Crippen LogP contribution in [0.15, 0.2) is 24.3 Å². The Kier molecular flexibility index (Phi) is 6.40. The third kappa shape index (κ3) is 5.09. The molecule has 0 amide bonds. The first-order valence-electron chi connectivity index (χ1n) is 7.94. The lowest BCUT2D eigenvalue weighted by molar-refractivity contribution is -0.384. The van der Waals surface area contributed by atoms with Crippen molar-refractivity contribution in [2.75, 3.05) is 18.5 Å². The fraction of sp³-hybridized carbons (Fsp3) is 0.353. The first-order valence-corrected chi connectivity index (χ1v) is 8.75. The molecular weight excluding hydrogens is 358 g/mol. The van der Waals surface area contributed by atoms with Gasteiger partial charge in [-0.05, 0) is 25.0 Å². The molecule has 0 radical (unpaired) electrons. The molecule has 0 aliphatic heterocycles. The lowest BCUT2D eigenvalue weighted by atomic mass is 10.1. The highest BCUT2D eigenvalue weighted by Gasteiger charge is 2.18. The Morgan fingerprint density at radius 2 is 1.96 bits per heavy atom. The fourth-order valence-electron chi connectivity index (χ4n) is 2.00. The minimum absolute atomic E-state index is 0.0365. The van der Waals surface area contributed by atoms with E-state index in [0.29, 0.717) is 27.9 Å². The van der Waals surface area contributed by atoms with Gasteiger partial charge in [0.1, 0.15) is 4.88 Å². The van der Waals surface area contributed by atoms with Crippen LogP contribution in [0.5, 0.6) is 0 Å². The van der Waals surface area contributed by atoms with Crippen LogP contribution in [0.1, 0.15) is 39.6 Å². The van der Waals surface area contributed by atoms with Gasteiger partial charge in [-0.15, -0.1) is 0 Å². The van der Waals surface area contributed by atoms with Crippen molar-refractivity contribution in [3.05, 3.63) is 50.5 Å². The number of benzene rings is 1. The topological polar surface area (TPSA) is 111 Å². The number of ether oxygens (including phenoxy) is 1. The Bertz CT molecular complexity index is 814. The van der Waals surface area contributed by atoms with E-state index in [0.717, 1.165) is 11.3 Å². The van der Waals surface area contributed by atoms with E-state index < -0.39 is 10.9 Å². The number of nitrogens with one attached hydrogen (secondary N) is 1. The highest BCUT2D eigenvalue weighted by atomic mass is 32.1. The fourth-order valence-corrected chi connectivity index (χ4v) is 2.85. The summed E-state index contributed by atoms with van der Waals surface area (Å²) < 4.78 is 5.19. The summed E-state index contributed by atoms with van der Waals surface area (Å²) in [6, 6.07) is 5.38. The number of hydrogen-bond acceptors (Lipinski definition) is 8. The van der Waals surface area contributed by atoms with Crippen molar-refractivity contribution in [3.8, 4) is 0 Å². The van der Waals surface area contributed by atoms with Crippen LogP contribution in [-0.4, -0.2) is 34.8 Å². The SMILES string of the molecule is Cc1nc(NCC(=O)c2ccc([N+](=O)[O-])cc2)sc1C(=O)OCC(C)C. The molecule has 2 rings (SSSR count). The molecule has 8 nitrogen and oxygen atoms in total. The largest absolute Gasteiger partial charge is 0.461 e. The summed E-state index contributed by atoms with van der Waals surface area (Å²) in [6.07, 6.45) is 0. The summed E-state index contributed by atoms with van der Waals surface area (Å²) in [5.41, 5.74) is 0.816. The number of rotatable bonds is 8. The maximum absolute atomic E-state index is 12.2. The van der Waals surface area contributed by atoms with Crippen LogP contribution >= 0.6 is 11.3 Å². The smallest absolute Gasteiger partial charge is 0.350 e. The number of nitro groups is 1. The van der Waals surface area contributed by atoms with E-state index in [1.54, 1.807) is 6.92 Å². The number of aromatic nitrogens is 1. The Labute approximate surface area is 154 Å². The zero-order chi connectivity index (χ0) is 19.3. The van der Waals surface area contributed by atoms with Crippen molar-refractivity contribution < 1.29 is 19.2 Å². The van der Waals surface area contributed by atoms with E-state index in [2.05, 4.69) is 10.3 Å². The van der Waals surface area contributed by atoms with Gasteiger partial charge in [0, 0.05) is 17.7 Å². The molecule has 0 aliphatic rings. The predicted octanol–water partition coefficient (Wildman–Crippen LogP) is 3.47. The van der Waals surface area contributed by atoms with Gasteiger partial charge < -0.3 is 10.1 Å². The average molecular weight is 377 g/mol.